The second-order valence-corrected chi connectivity index (χ2v) is 18.2. The molecule has 0 heterocycles. The summed E-state index contributed by atoms with van der Waals surface area (Å²) in [6.07, 6.45) is 8.15. The first-order valence-electron chi connectivity index (χ1n) is 12.7. The zero-order valence-electron chi connectivity index (χ0n) is 21.8. The summed E-state index contributed by atoms with van der Waals surface area (Å²) < 4.78 is 8.61. The fourth-order valence-electron chi connectivity index (χ4n) is 5.29. The van der Waals surface area contributed by atoms with Crippen LogP contribution in [0, 0.1) is 0 Å². The Morgan fingerprint density at radius 2 is 1.18 bits per heavy atom. The molecular formula is C32H30Al2Cl2OZr. The molecule has 188 valence electrons. The molecule has 0 saturated carbocycles. The van der Waals surface area contributed by atoms with Gasteiger partial charge in [-0.1, -0.05) is 5.79 Å². The van der Waals surface area contributed by atoms with Crippen molar-refractivity contribution in [2.75, 3.05) is 0 Å². The average Bonchev–Trinajstić information content (AvgIpc) is 3.60. The van der Waals surface area contributed by atoms with E-state index in [2.05, 4.69) is 133 Å². The first-order valence-corrected chi connectivity index (χ1v) is 19.4. The fourth-order valence-corrected chi connectivity index (χ4v) is 14.3. The fraction of sp³-hybridized carbons (Fsp3) is 0.0938. The van der Waals surface area contributed by atoms with Gasteiger partial charge >= 0.3 is 231 Å². The molecule has 0 amide bonds. The summed E-state index contributed by atoms with van der Waals surface area (Å²) in [6.45, 7) is 0. The van der Waals surface area contributed by atoms with E-state index in [1.54, 1.807) is 6.49 Å². The maximum atomic E-state index is 4.82. The Labute approximate surface area is 261 Å². The molecule has 2 aliphatic carbocycles. The van der Waals surface area contributed by atoms with E-state index < -0.39 is 21.3 Å². The molecule has 0 N–H and O–H groups in total. The molecule has 0 bridgehead atoms. The smallest absolute Gasteiger partial charge is 0.401 e. The van der Waals surface area contributed by atoms with Gasteiger partial charge in [-0.15, -0.1) is 0 Å². The van der Waals surface area contributed by atoms with Crippen LogP contribution >= 0.6 is 0 Å². The monoisotopic (exact) mass is 644 g/mol. The standard InChI is InChI=1S/C13H9.C13H10.C5H5.CH3.2Al.2ClH.O.Zr.3H/c1-3-7-12-10(5-1)9-11-6-2-4-8-13(11)12;1-3-7-12(8-4-1)11-13-9-5-2-6-10-13;1-2-4-5-3-1;;;;;;;;;;/h1-9H;1-10H;1-3H,4H2;1H3;;;2*1H;;;;;/q;;;;;;;;;+2;;;/p-2. The van der Waals surface area contributed by atoms with Crippen LogP contribution in [0.2, 0.25) is 5.79 Å². The Bertz CT molecular complexity index is 1350. The summed E-state index contributed by atoms with van der Waals surface area (Å²) in [5.41, 5.74) is 8.70. The molecule has 0 spiro atoms. The van der Waals surface area contributed by atoms with Gasteiger partial charge < -0.3 is 27.7 Å². The molecule has 0 fully saturated rings. The summed E-state index contributed by atoms with van der Waals surface area (Å²) >= 11 is -1.53. The van der Waals surface area contributed by atoms with Crippen LogP contribution in [0.5, 0.6) is 0 Å². The molecule has 0 aliphatic heterocycles. The van der Waals surface area contributed by atoms with Gasteiger partial charge in [-0.2, -0.15) is 0 Å². The number of halogens is 2. The SMILES string of the molecule is C1=CC[C]([Zr+2](=[C](c2ccccc2)c2ccccc2)[CH]2c3ccccc3-c3ccccc32)=C1.[CH3][AlH][O][AlH2].[Cl-].[Cl-]. The summed E-state index contributed by atoms with van der Waals surface area (Å²) in [4.78, 5) is 0. The molecule has 0 saturated heterocycles. The van der Waals surface area contributed by atoms with Gasteiger partial charge in [0.2, 0.25) is 0 Å². The second kappa shape index (κ2) is 15.5. The third-order valence-electron chi connectivity index (χ3n) is 6.92. The number of hydrogen-bond acceptors (Lipinski definition) is 1. The van der Waals surface area contributed by atoms with Crippen LogP contribution in [0.3, 0.4) is 0 Å². The molecule has 2 aliphatic rings. The Kier molecular flexibility index (Phi) is 12.7. The molecule has 0 aromatic heterocycles. The van der Waals surface area contributed by atoms with Crippen LogP contribution in [0.15, 0.2) is 131 Å². The Morgan fingerprint density at radius 3 is 1.61 bits per heavy atom. The molecule has 0 unspecified atom stereocenters. The third kappa shape index (κ3) is 6.71. The van der Waals surface area contributed by atoms with Crippen molar-refractivity contribution < 1.29 is 48.9 Å². The minimum absolute atomic E-state index is 0. The Morgan fingerprint density at radius 1 is 0.737 bits per heavy atom. The van der Waals surface area contributed by atoms with Crippen molar-refractivity contribution in [2.24, 2.45) is 0 Å². The van der Waals surface area contributed by atoms with Crippen LogP contribution in [0.25, 0.3) is 11.1 Å². The summed E-state index contributed by atoms with van der Waals surface area (Å²) in [6, 6.07) is 40.5. The number of benzene rings is 4. The van der Waals surface area contributed by atoms with Crippen molar-refractivity contribution in [3.8, 4) is 11.1 Å². The van der Waals surface area contributed by atoms with E-state index in [1.807, 2.05) is 0 Å². The van der Waals surface area contributed by atoms with Gasteiger partial charge in [0.05, 0.1) is 0 Å². The molecule has 0 radical (unpaired) electrons. The maximum absolute atomic E-state index is 4.82. The zero-order valence-corrected chi connectivity index (χ0v) is 29.2. The van der Waals surface area contributed by atoms with Crippen molar-refractivity contribution in [3.63, 3.8) is 0 Å². The van der Waals surface area contributed by atoms with Gasteiger partial charge in [0.15, 0.2) is 0 Å². The van der Waals surface area contributed by atoms with Crippen molar-refractivity contribution in [2.45, 2.75) is 15.8 Å². The van der Waals surface area contributed by atoms with E-state index in [4.69, 9.17) is 2.84 Å². The maximum Gasteiger partial charge on any atom is 0.401 e. The second-order valence-electron chi connectivity index (χ2n) is 9.03. The normalized spacial score (nSPS) is 12.3. The molecule has 6 heteroatoms. The Balaban J connectivity index is 0.000000625. The zero-order chi connectivity index (χ0) is 24.7. The van der Waals surface area contributed by atoms with E-state index in [0.29, 0.717) is 3.63 Å². The molecule has 4 aromatic rings. The molecular weight excluding hydrogens is 616 g/mol. The predicted molar refractivity (Wildman–Crippen MR) is 154 cm³/mol. The summed E-state index contributed by atoms with van der Waals surface area (Å²) in [7, 11) is 0. The topological polar surface area (TPSA) is 9.23 Å². The van der Waals surface area contributed by atoms with Crippen LogP contribution < -0.4 is 24.8 Å². The van der Waals surface area contributed by atoms with Crippen molar-refractivity contribution in [3.05, 3.63) is 153 Å². The molecule has 38 heavy (non-hydrogen) atoms. The number of hydrogen-bond donors (Lipinski definition) is 0. The third-order valence-corrected chi connectivity index (χ3v) is 17.5. The summed E-state index contributed by atoms with van der Waals surface area (Å²) in [5.74, 6) is 2.13. The largest absolute Gasteiger partial charge is 1.00 e. The van der Waals surface area contributed by atoms with E-state index in [1.165, 1.54) is 33.4 Å². The van der Waals surface area contributed by atoms with Crippen LogP contribution in [-0.4, -0.2) is 35.4 Å². The molecule has 6 rings (SSSR count). The van der Waals surface area contributed by atoms with Crippen molar-refractivity contribution >= 4 is 35.4 Å². The van der Waals surface area contributed by atoms with Gasteiger partial charge in [0.1, 0.15) is 0 Å². The van der Waals surface area contributed by atoms with Crippen LogP contribution in [-0.2, 0) is 24.1 Å². The average molecular weight is 647 g/mol. The number of rotatable bonds is 5. The quantitative estimate of drug-likeness (QED) is 0.287. The summed E-state index contributed by atoms with van der Waals surface area (Å²) in [5, 5.41) is 0. The first-order chi connectivity index (χ1) is 17.8. The minimum Gasteiger partial charge on any atom is -1.00 e. The van der Waals surface area contributed by atoms with Gasteiger partial charge in [-0.25, -0.2) is 0 Å². The number of fused-ring (bicyclic) bond motifs is 3. The molecule has 1 nitrogen and oxygen atoms in total. The van der Waals surface area contributed by atoms with Crippen LogP contribution in [0.4, 0.5) is 0 Å². The predicted octanol–water partition coefficient (Wildman–Crippen LogP) is 0.446. The molecule has 4 aromatic carbocycles. The number of allylic oxidation sites excluding steroid dienone is 4. The van der Waals surface area contributed by atoms with Gasteiger partial charge in [0.25, 0.3) is 0 Å². The van der Waals surface area contributed by atoms with Crippen molar-refractivity contribution in [1.82, 2.24) is 0 Å². The first kappa shape index (κ1) is 31.2. The van der Waals surface area contributed by atoms with E-state index in [9.17, 15) is 0 Å². The van der Waals surface area contributed by atoms with E-state index in [0.717, 1.165) is 23.0 Å². The van der Waals surface area contributed by atoms with Crippen molar-refractivity contribution in [1.29, 1.82) is 0 Å². The van der Waals surface area contributed by atoms with Gasteiger partial charge in [-0.3, -0.25) is 0 Å². The van der Waals surface area contributed by atoms with Gasteiger partial charge in [0, 0.05) is 0 Å². The van der Waals surface area contributed by atoms with E-state index in [-0.39, 0.29) is 40.4 Å². The molecule has 0 atom stereocenters. The van der Waals surface area contributed by atoms with E-state index >= 15 is 0 Å². The van der Waals surface area contributed by atoms with Crippen LogP contribution in [0.1, 0.15) is 32.3 Å². The Hall–Kier alpha value is -1.28. The van der Waals surface area contributed by atoms with Gasteiger partial charge in [-0.05, 0) is 0 Å². The minimum atomic E-state index is -2.47.